The third-order valence-electron chi connectivity index (χ3n) is 5.19. The summed E-state index contributed by atoms with van der Waals surface area (Å²) < 4.78 is 0. The van der Waals surface area contributed by atoms with Crippen LogP contribution in [-0.4, -0.2) is 20.9 Å². The normalized spacial score (nSPS) is 10.8. The number of halogens is 1. The molecule has 2 aromatic heterocycles. The highest BCUT2D eigenvalue weighted by Crippen LogP contribution is 2.32. The van der Waals surface area contributed by atoms with Gasteiger partial charge in [0.1, 0.15) is 0 Å². The zero-order valence-corrected chi connectivity index (χ0v) is 18.3. The summed E-state index contributed by atoms with van der Waals surface area (Å²) in [6, 6.07) is 25.0. The molecule has 0 aliphatic carbocycles. The van der Waals surface area contributed by atoms with Crippen molar-refractivity contribution in [1.82, 2.24) is 15.0 Å². The molecule has 5 rings (SSSR count). The minimum atomic E-state index is -0.0808. The van der Waals surface area contributed by atoms with Crippen molar-refractivity contribution in [2.24, 2.45) is 0 Å². The molecule has 162 valence electrons. The topological polar surface area (TPSA) is 82.7 Å². The number of hydrogen-bond donors (Lipinski definition) is 3. The molecule has 33 heavy (non-hydrogen) atoms. The van der Waals surface area contributed by atoms with Crippen molar-refractivity contribution in [2.45, 2.75) is 6.42 Å². The second-order valence-electron chi connectivity index (χ2n) is 7.55. The van der Waals surface area contributed by atoms with Gasteiger partial charge in [-0.15, -0.1) is 0 Å². The number of aromatic amines is 1. The maximum absolute atomic E-state index is 12.4. The van der Waals surface area contributed by atoms with Crippen LogP contribution >= 0.6 is 11.6 Å². The van der Waals surface area contributed by atoms with Crippen LogP contribution in [0.25, 0.3) is 22.2 Å². The number of benzene rings is 3. The first-order chi connectivity index (χ1) is 16.2. The minimum absolute atomic E-state index is 0.0808. The van der Waals surface area contributed by atoms with E-state index in [9.17, 15) is 4.79 Å². The van der Waals surface area contributed by atoms with Gasteiger partial charge in [0.15, 0.2) is 0 Å². The average molecular weight is 454 g/mol. The second kappa shape index (κ2) is 9.14. The standard InChI is InChI=1S/C26H20ClN5O/c27-22-16-29-26(32-25(22)21-15-28-23-12-5-4-11-20(21)23)31-19-10-6-7-17(13-19)14-24(33)30-18-8-2-1-3-9-18/h1-13,15-16,28H,14H2,(H,30,33)(H,29,31,32). The average Bonchev–Trinajstić information content (AvgIpc) is 3.25. The van der Waals surface area contributed by atoms with E-state index in [0.717, 1.165) is 33.4 Å². The molecule has 0 saturated heterocycles. The van der Waals surface area contributed by atoms with E-state index in [0.29, 0.717) is 16.7 Å². The molecule has 0 bridgehead atoms. The molecule has 6 nitrogen and oxygen atoms in total. The maximum Gasteiger partial charge on any atom is 0.228 e. The summed E-state index contributed by atoms with van der Waals surface area (Å²) in [5.41, 5.74) is 5.00. The van der Waals surface area contributed by atoms with Crippen LogP contribution in [0.1, 0.15) is 5.56 Å². The summed E-state index contributed by atoms with van der Waals surface area (Å²) in [4.78, 5) is 24.6. The number of anilines is 3. The van der Waals surface area contributed by atoms with Crippen LogP contribution in [-0.2, 0) is 11.2 Å². The van der Waals surface area contributed by atoms with E-state index < -0.39 is 0 Å². The fourth-order valence-electron chi connectivity index (χ4n) is 3.68. The van der Waals surface area contributed by atoms with Crippen molar-refractivity contribution in [3.05, 3.63) is 102 Å². The lowest BCUT2D eigenvalue weighted by Crippen LogP contribution is -2.14. The Kier molecular flexibility index (Phi) is 5.74. The molecule has 0 saturated carbocycles. The Morgan fingerprint density at radius 3 is 2.61 bits per heavy atom. The van der Waals surface area contributed by atoms with Crippen LogP contribution in [0, 0.1) is 0 Å². The molecule has 0 radical (unpaired) electrons. The smallest absolute Gasteiger partial charge is 0.228 e. The van der Waals surface area contributed by atoms with Gasteiger partial charge in [-0.3, -0.25) is 4.79 Å². The number of H-pyrrole nitrogens is 1. The van der Waals surface area contributed by atoms with Gasteiger partial charge < -0.3 is 15.6 Å². The van der Waals surface area contributed by atoms with Crippen LogP contribution in [0.15, 0.2) is 91.3 Å². The molecule has 0 unspecified atom stereocenters. The van der Waals surface area contributed by atoms with Gasteiger partial charge in [-0.2, -0.15) is 0 Å². The highest BCUT2D eigenvalue weighted by Gasteiger charge is 2.13. The number of nitrogens with zero attached hydrogens (tertiary/aromatic N) is 2. The minimum Gasteiger partial charge on any atom is -0.360 e. The molecular formula is C26H20ClN5O. The first-order valence-electron chi connectivity index (χ1n) is 10.5. The Morgan fingerprint density at radius 2 is 1.73 bits per heavy atom. The monoisotopic (exact) mass is 453 g/mol. The van der Waals surface area contributed by atoms with E-state index in [1.54, 1.807) is 6.20 Å². The molecule has 0 spiro atoms. The summed E-state index contributed by atoms with van der Waals surface area (Å²) in [7, 11) is 0. The number of fused-ring (bicyclic) bond motifs is 1. The predicted octanol–water partition coefficient (Wildman–Crippen LogP) is 6.20. The zero-order valence-electron chi connectivity index (χ0n) is 17.5. The third kappa shape index (κ3) is 4.71. The molecule has 3 N–H and O–H groups in total. The van der Waals surface area contributed by atoms with Crippen LogP contribution < -0.4 is 10.6 Å². The van der Waals surface area contributed by atoms with Crippen LogP contribution in [0.5, 0.6) is 0 Å². The fourth-order valence-corrected chi connectivity index (χ4v) is 3.88. The lowest BCUT2D eigenvalue weighted by molar-refractivity contribution is -0.115. The molecule has 0 atom stereocenters. The second-order valence-corrected chi connectivity index (χ2v) is 7.96. The van der Waals surface area contributed by atoms with Gasteiger partial charge in [0, 0.05) is 34.0 Å². The molecule has 0 fully saturated rings. The Bertz CT molecular complexity index is 1430. The molecule has 0 aliphatic rings. The number of para-hydroxylation sites is 2. The van der Waals surface area contributed by atoms with Crippen molar-refractivity contribution in [3.63, 3.8) is 0 Å². The van der Waals surface area contributed by atoms with Gasteiger partial charge in [0.2, 0.25) is 11.9 Å². The Morgan fingerprint density at radius 1 is 0.939 bits per heavy atom. The molecule has 5 aromatic rings. The number of rotatable bonds is 6. The van der Waals surface area contributed by atoms with Crippen molar-refractivity contribution in [1.29, 1.82) is 0 Å². The van der Waals surface area contributed by atoms with Crippen LogP contribution in [0.3, 0.4) is 0 Å². The molecular weight excluding hydrogens is 434 g/mol. The molecule has 3 aromatic carbocycles. The van der Waals surface area contributed by atoms with Crippen LogP contribution in [0.4, 0.5) is 17.3 Å². The van der Waals surface area contributed by atoms with Crippen molar-refractivity contribution < 1.29 is 4.79 Å². The van der Waals surface area contributed by atoms with E-state index in [2.05, 4.69) is 25.6 Å². The van der Waals surface area contributed by atoms with Gasteiger partial charge >= 0.3 is 0 Å². The van der Waals surface area contributed by atoms with Gasteiger partial charge in [0.25, 0.3) is 0 Å². The molecule has 1 amide bonds. The maximum atomic E-state index is 12.4. The summed E-state index contributed by atoms with van der Waals surface area (Å²) in [6.07, 6.45) is 3.74. The van der Waals surface area contributed by atoms with Gasteiger partial charge in [-0.1, -0.05) is 60.1 Å². The Balaban J connectivity index is 1.35. The lowest BCUT2D eigenvalue weighted by Gasteiger charge is -2.10. The summed E-state index contributed by atoms with van der Waals surface area (Å²) in [6.45, 7) is 0. The number of carbonyl (C=O) groups excluding carboxylic acids is 1. The van der Waals surface area contributed by atoms with Crippen LogP contribution in [0.2, 0.25) is 5.02 Å². The largest absolute Gasteiger partial charge is 0.360 e. The number of aromatic nitrogens is 3. The summed E-state index contributed by atoms with van der Waals surface area (Å²) in [5, 5.41) is 7.63. The summed E-state index contributed by atoms with van der Waals surface area (Å²) in [5.74, 6) is 0.341. The SMILES string of the molecule is O=C(Cc1cccc(Nc2ncc(Cl)c(-c3c[nH]c4ccccc34)n2)c1)Nc1ccccc1. The molecule has 2 heterocycles. The third-order valence-corrected chi connectivity index (χ3v) is 5.47. The zero-order chi connectivity index (χ0) is 22.6. The Labute approximate surface area is 195 Å². The fraction of sp³-hybridized carbons (Fsp3) is 0.0385. The van der Waals surface area contributed by atoms with E-state index in [1.165, 1.54) is 0 Å². The van der Waals surface area contributed by atoms with Gasteiger partial charge in [-0.25, -0.2) is 9.97 Å². The lowest BCUT2D eigenvalue weighted by atomic mass is 10.1. The number of amides is 1. The molecule has 7 heteroatoms. The van der Waals surface area contributed by atoms with Crippen molar-refractivity contribution >= 4 is 45.7 Å². The molecule has 0 aliphatic heterocycles. The highest BCUT2D eigenvalue weighted by molar-refractivity contribution is 6.33. The summed E-state index contributed by atoms with van der Waals surface area (Å²) >= 11 is 6.43. The van der Waals surface area contributed by atoms with E-state index in [4.69, 9.17) is 11.6 Å². The first-order valence-corrected chi connectivity index (χ1v) is 10.8. The van der Waals surface area contributed by atoms with E-state index in [1.807, 2.05) is 85.1 Å². The highest BCUT2D eigenvalue weighted by atomic mass is 35.5. The Hall–Kier alpha value is -4.16. The van der Waals surface area contributed by atoms with E-state index in [-0.39, 0.29) is 12.3 Å². The van der Waals surface area contributed by atoms with E-state index >= 15 is 0 Å². The predicted molar refractivity (Wildman–Crippen MR) is 133 cm³/mol. The number of carbonyl (C=O) groups is 1. The van der Waals surface area contributed by atoms with Crippen molar-refractivity contribution in [3.8, 4) is 11.3 Å². The first kappa shape index (κ1) is 20.7. The van der Waals surface area contributed by atoms with Gasteiger partial charge in [0.05, 0.1) is 23.3 Å². The quantitative estimate of drug-likeness (QED) is 0.285. The van der Waals surface area contributed by atoms with Gasteiger partial charge in [-0.05, 0) is 35.9 Å². The number of nitrogens with one attached hydrogen (secondary N) is 3. The number of hydrogen-bond acceptors (Lipinski definition) is 4. The van der Waals surface area contributed by atoms with Crippen molar-refractivity contribution in [2.75, 3.05) is 10.6 Å².